The third kappa shape index (κ3) is 4.24. The second-order valence-electron chi connectivity index (χ2n) is 6.00. The molecule has 0 radical (unpaired) electrons. The molecule has 28 heavy (non-hydrogen) atoms. The molecule has 0 fully saturated rings. The van der Waals surface area contributed by atoms with Gasteiger partial charge in [-0.05, 0) is 42.0 Å². The molecule has 0 N–H and O–H groups in total. The molecule has 1 aliphatic heterocycles. The molecule has 146 valence electrons. The van der Waals surface area contributed by atoms with E-state index in [0.717, 1.165) is 10.0 Å². The van der Waals surface area contributed by atoms with E-state index in [0.29, 0.717) is 18.7 Å². The maximum atomic E-state index is 12.7. The highest BCUT2D eigenvalue weighted by molar-refractivity contribution is 9.10. The van der Waals surface area contributed by atoms with Gasteiger partial charge >= 0.3 is 5.97 Å². The van der Waals surface area contributed by atoms with Gasteiger partial charge in [0.1, 0.15) is 0 Å². The van der Waals surface area contributed by atoms with Gasteiger partial charge in [-0.25, -0.2) is 18.2 Å². The lowest BCUT2D eigenvalue weighted by molar-refractivity contribution is -0.129. The van der Waals surface area contributed by atoms with Crippen LogP contribution < -0.4 is 0 Å². The van der Waals surface area contributed by atoms with Gasteiger partial charge in [-0.1, -0.05) is 48.0 Å². The Morgan fingerprint density at radius 2 is 1.79 bits per heavy atom. The number of aliphatic imine (C=N–C) groups is 1. The first kappa shape index (κ1) is 20.4. The fourth-order valence-corrected chi connectivity index (χ4v) is 4.52. The zero-order valence-electron chi connectivity index (χ0n) is 15.4. The minimum Gasteiger partial charge on any atom is -0.402 e. The summed E-state index contributed by atoms with van der Waals surface area (Å²) in [4.78, 5) is 16.6. The van der Waals surface area contributed by atoms with Crippen molar-refractivity contribution in [2.45, 2.75) is 18.7 Å². The van der Waals surface area contributed by atoms with Gasteiger partial charge < -0.3 is 4.74 Å². The van der Waals surface area contributed by atoms with Crippen LogP contribution in [-0.2, 0) is 19.6 Å². The van der Waals surface area contributed by atoms with Gasteiger partial charge in [-0.3, -0.25) is 0 Å². The van der Waals surface area contributed by atoms with Gasteiger partial charge in [0.05, 0.1) is 4.90 Å². The number of hydrogen-bond donors (Lipinski definition) is 0. The van der Waals surface area contributed by atoms with E-state index < -0.39 is 16.0 Å². The number of sulfonamides is 1. The highest BCUT2D eigenvalue weighted by Gasteiger charge is 2.27. The predicted molar refractivity (Wildman–Crippen MR) is 111 cm³/mol. The average Bonchev–Trinajstić information content (AvgIpc) is 3.05. The normalized spacial score (nSPS) is 15.8. The number of benzene rings is 2. The standard InChI is InChI=1S/C20H19BrN2O4S/c1-3-23(4-2)28(25,26)17-7-5-6-15(13-17)19-22-18(20(24)27-19)12-14-8-10-16(21)11-9-14/h5-13H,3-4H2,1-2H3/b18-12-. The first-order valence-electron chi connectivity index (χ1n) is 8.74. The van der Waals surface area contributed by atoms with Crippen LogP contribution in [0.15, 0.2) is 68.6 Å². The maximum absolute atomic E-state index is 12.7. The summed E-state index contributed by atoms with van der Waals surface area (Å²) in [5.74, 6) is -0.486. The fourth-order valence-electron chi connectivity index (χ4n) is 2.75. The SMILES string of the molecule is CCN(CC)S(=O)(=O)c1cccc(C2=N/C(=C\c3ccc(Br)cc3)C(=O)O2)c1. The van der Waals surface area contributed by atoms with E-state index in [1.165, 1.54) is 16.4 Å². The first-order valence-corrected chi connectivity index (χ1v) is 11.0. The van der Waals surface area contributed by atoms with Crippen LogP contribution in [0.3, 0.4) is 0 Å². The van der Waals surface area contributed by atoms with Crippen molar-refractivity contribution in [2.75, 3.05) is 13.1 Å². The van der Waals surface area contributed by atoms with E-state index >= 15 is 0 Å². The molecule has 0 atom stereocenters. The topological polar surface area (TPSA) is 76.0 Å². The Morgan fingerprint density at radius 1 is 1.11 bits per heavy atom. The van der Waals surface area contributed by atoms with Crippen LogP contribution in [0.1, 0.15) is 25.0 Å². The molecule has 0 spiro atoms. The van der Waals surface area contributed by atoms with Crippen molar-refractivity contribution in [3.8, 4) is 0 Å². The van der Waals surface area contributed by atoms with Crippen molar-refractivity contribution in [2.24, 2.45) is 4.99 Å². The predicted octanol–water partition coefficient (Wildman–Crippen LogP) is 3.82. The molecule has 0 unspecified atom stereocenters. The van der Waals surface area contributed by atoms with Crippen LogP contribution in [0.4, 0.5) is 0 Å². The highest BCUT2D eigenvalue weighted by atomic mass is 79.9. The van der Waals surface area contributed by atoms with E-state index in [1.807, 2.05) is 24.3 Å². The van der Waals surface area contributed by atoms with Gasteiger partial charge in [-0.2, -0.15) is 4.31 Å². The Labute approximate surface area is 172 Å². The van der Waals surface area contributed by atoms with Crippen LogP contribution in [-0.4, -0.2) is 37.7 Å². The quantitative estimate of drug-likeness (QED) is 0.482. The van der Waals surface area contributed by atoms with Crippen LogP contribution in [0.25, 0.3) is 6.08 Å². The molecule has 1 aliphatic rings. The van der Waals surface area contributed by atoms with Crippen molar-refractivity contribution in [3.05, 3.63) is 69.8 Å². The van der Waals surface area contributed by atoms with Crippen molar-refractivity contribution in [1.82, 2.24) is 4.31 Å². The van der Waals surface area contributed by atoms with E-state index in [2.05, 4.69) is 20.9 Å². The molecule has 0 aliphatic carbocycles. The second-order valence-corrected chi connectivity index (χ2v) is 8.86. The summed E-state index contributed by atoms with van der Waals surface area (Å²) in [7, 11) is -3.61. The molecular formula is C20H19BrN2O4S. The summed E-state index contributed by atoms with van der Waals surface area (Å²) in [5, 5.41) is 0. The van der Waals surface area contributed by atoms with Crippen LogP contribution >= 0.6 is 15.9 Å². The largest absolute Gasteiger partial charge is 0.402 e. The number of rotatable bonds is 6. The third-order valence-electron chi connectivity index (χ3n) is 4.22. The molecular weight excluding hydrogens is 444 g/mol. The Hall–Kier alpha value is -2.29. The van der Waals surface area contributed by atoms with Crippen molar-refractivity contribution in [3.63, 3.8) is 0 Å². The van der Waals surface area contributed by atoms with Crippen LogP contribution in [0.2, 0.25) is 0 Å². The fraction of sp³-hybridized carbons (Fsp3) is 0.200. The number of hydrogen-bond acceptors (Lipinski definition) is 5. The highest BCUT2D eigenvalue weighted by Crippen LogP contribution is 2.23. The Kier molecular flexibility index (Phi) is 6.12. The van der Waals surface area contributed by atoms with E-state index in [4.69, 9.17) is 4.74 Å². The Balaban J connectivity index is 1.94. The molecule has 0 saturated carbocycles. The van der Waals surface area contributed by atoms with E-state index in [-0.39, 0.29) is 16.5 Å². The van der Waals surface area contributed by atoms with Crippen molar-refractivity contribution >= 4 is 43.9 Å². The lowest BCUT2D eigenvalue weighted by Gasteiger charge is -2.18. The summed E-state index contributed by atoms with van der Waals surface area (Å²) in [5.41, 5.74) is 1.40. The number of carbonyl (C=O) groups excluding carboxylic acids is 1. The lowest BCUT2D eigenvalue weighted by Crippen LogP contribution is -2.30. The minimum atomic E-state index is -3.61. The third-order valence-corrected chi connectivity index (χ3v) is 6.79. The smallest absolute Gasteiger partial charge is 0.363 e. The molecule has 1 heterocycles. The number of cyclic esters (lactones) is 1. The van der Waals surface area contributed by atoms with E-state index in [9.17, 15) is 13.2 Å². The van der Waals surface area contributed by atoms with Crippen molar-refractivity contribution < 1.29 is 17.9 Å². The summed E-state index contributed by atoms with van der Waals surface area (Å²) >= 11 is 3.36. The molecule has 6 nitrogen and oxygen atoms in total. The Bertz CT molecular complexity index is 1060. The molecule has 2 aromatic carbocycles. The maximum Gasteiger partial charge on any atom is 0.363 e. The molecule has 8 heteroatoms. The van der Waals surface area contributed by atoms with Gasteiger partial charge in [0.2, 0.25) is 15.9 Å². The monoisotopic (exact) mass is 462 g/mol. The van der Waals surface area contributed by atoms with Crippen molar-refractivity contribution in [1.29, 1.82) is 0 Å². The Morgan fingerprint density at radius 3 is 2.43 bits per heavy atom. The zero-order valence-corrected chi connectivity index (χ0v) is 17.8. The number of halogens is 1. The molecule has 0 aromatic heterocycles. The summed E-state index contributed by atoms with van der Waals surface area (Å²) in [6, 6.07) is 13.7. The molecule has 0 saturated heterocycles. The molecule has 3 rings (SSSR count). The van der Waals surface area contributed by atoms with E-state index in [1.54, 1.807) is 32.1 Å². The van der Waals surface area contributed by atoms with Gasteiger partial charge in [0.25, 0.3) is 0 Å². The van der Waals surface area contributed by atoms with Crippen LogP contribution in [0, 0.1) is 0 Å². The minimum absolute atomic E-state index is 0.0879. The molecule has 0 amide bonds. The number of nitrogens with zero attached hydrogens (tertiary/aromatic N) is 2. The average molecular weight is 463 g/mol. The number of esters is 1. The first-order chi connectivity index (χ1) is 13.3. The number of carbonyl (C=O) groups is 1. The van der Waals surface area contributed by atoms with Gasteiger partial charge in [0, 0.05) is 23.1 Å². The lowest BCUT2D eigenvalue weighted by atomic mass is 10.2. The summed E-state index contributed by atoms with van der Waals surface area (Å²) < 4.78 is 33.0. The number of ether oxygens (including phenoxy) is 1. The summed E-state index contributed by atoms with van der Waals surface area (Å²) in [6.07, 6.45) is 1.62. The second kappa shape index (κ2) is 8.38. The van der Waals surface area contributed by atoms with Crippen LogP contribution in [0.5, 0.6) is 0 Å². The molecule has 2 aromatic rings. The van der Waals surface area contributed by atoms with Gasteiger partial charge in [-0.15, -0.1) is 0 Å². The van der Waals surface area contributed by atoms with Gasteiger partial charge in [0.15, 0.2) is 5.70 Å². The zero-order chi connectivity index (χ0) is 20.3. The summed E-state index contributed by atoms with van der Waals surface area (Å²) in [6.45, 7) is 4.32. The molecule has 0 bridgehead atoms.